The number of para-hydroxylation sites is 1. The molecule has 0 amide bonds. The van der Waals surface area contributed by atoms with Crippen molar-refractivity contribution in [1.82, 2.24) is 0 Å². The highest BCUT2D eigenvalue weighted by Gasteiger charge is 2.09. The molecule has 0 spiro atoms. The summed E-state index contributed by atoms with van der Waals surface area (Å²) < 4.78 is 10.4. The monoisotopic (exact) mass is 208 g/mol. The van der Waals surface area contributed by atoms with E-state index in [1.165, 1.54) is 18.4 Å². The molecule has 1 rings (SSSR count). The van der Waals surface area contributed by atoms with Gasteiger partial charge in [0.05, 0.1) is 0 Å². The molecule has 1 aromatic carbocycles. The van der Waals surface area contributed by atoms with E-state index in [0.717, 1.165) is 5.75 Å². The van der Waals surface area contributed by atoms with Gasteiger partial charge < -0.3 is 9.47 Å². The Morgan fingerprint density at radius 3 is 2.67 bits per heavy atom. The Hall–Kier alpha value is -1.02. The summed E-state index contributed by atoms with van der Waals surface area (Å²) in [6, 6.07) is 8.18. The molecule has 0 fully saturated rings. The van der Waals surface area contributed by atoms with E-state index < -0.39 is 0 Å². The van der Waals surface area contributed by atoms with Crippen LogP contribution in [0.3, 0.4) is 0 Å². The second kappa shape index (κ2) is 6.46. The first kappa shape index (κ1) is 12.1. The normalized spacial score (nSPS) is 12.5. The molecule has 0 saturated heterocycles. The first-order valence-electron chi connectivity index (χ1n) is 5.50. The lowest BCUT2D eigenvalue weighted by atomic mass is 9.96. The predicted octanol–water partition coefficient (Wildman–Crippen LogP) is 3.57. The van der Waals surface area contributed by atoms with Gasteiger partial charge in [0.1, 0.15) is 5.75 Å². The molecule has 2 heteroatoms. The number of rotatable bonds is 6. The smallest absolute Gasteiger partial charge is 0.188 e. The summed E-state index contributed by atoms with van der Waals surface area (Å²) in [5.74, 6) is 1.49. The summed E-state index contributed by atoms with van der Waals surface area (Å²) in [7, 11) is 1.64. The molecule has 1 unspecified atom stereocenters. The molecule has 84 valence electrons. The van der Waals surface area contributed by atoms with E-state index in [1.807, 2.05) is 12.1 Å². The zero-order chi connectivity index (χ0) is 11.1. The van der Waals surface area contributed by atoms with Crippen LogP contribution in [0.5, 0.6) is 5.75 Å². The lowest BCUT2D eigenvalue weighted by Gasteiger charge is -2.15. The second-order valence-corrected chi connectivity index (χ2v) is 3.78. The molecule has 0 saturated carbocycles. The Bertz CT molecular complexity index is 284. The van der Waals surface area contributed by atoms with Crippen LogP contribution in [0.4, 0.5) is 0 Å². The van der Waals surface area contributed by atoms with Gasteiger partial charge >= 0.3 is 0 Å². The Kier molecular flexibility index (Phi) is 5.19. The molecule has 0 radical (unpaired) electrons. The summed E-state index contributed by atoms with van der Waals surface area (Å²) in [4.78, 5) is 0. The van der Waals surface area contributed by atoms with Crippen LogP contribution in [0.15, 0.2) is 24.3 Å². The zero-order valence-corrected chi connectivity index (χ0v) is 9.82. The van der Waals surface area contributed by atoms with E-state index in [0.29, 0.717) is 12.7 Å². The highest BCUT2D eigenvalue weighted by Crippen LogP contribution is 2.29. The topological polar surface area (TPSA) is 18.5 Å². The van der Waals surface area contributed by atoms with Gasteiger partial charge in [0, 0.05) is 7.11 Å². The molecule has 0 aliphatic heterocycles. The number of methoxy groups -OCH3 is 1. The molecule has 0 aliphatic carbocycles. The summed E-state index contributed by atoms with van der Waals surface area (Å²) in [5.41, 5.74) is 1.27. The van der Waals surface area contributed by atoms with Gasteiger partial charge in [-0.1, -0.05) is 38.5 Å². The zero-order valence-electron chi connectivity index (χ0n) is 9.82. The second-order valence-electron chi connectivity index (χ2n) is 3.78. The third kappa shape index (κ3) is 3.56. The Morgan fingerprint density at radius 1 is 1.27 bits per heavy atom. The summed E-state index contributed by atoms with van der Waals surface area (Å²) >= 11 is 0. The SMILES string of the molecule is CCCC(C)c1ccccc1OCOC. The fraction of sp³-hybridized carbons (Fsp3) is 0.538. The average Bonchev–Trinajstić information content (AvgIpc) is 2.27. The van der Waals surface area contributed by atoms with E-state index >= 15 is 0 Å². The van der Waals surface area contributed by atoms with Crippen LogP contribution in [-0.2, 0) is 4.74 Å². The van der Waals surface area contributed by atoms with Crippen LogP contribution in [0.1, 0.15) is 38.2 Å². The van der Waals surface area contributed by atoms with E-state index in [1.54, 1.807) is 7.11 Å². The van der Waals surface area contributed by atoms with Crippen LogP contribution in [0.25, 0.3) is 0 Å². The Morgan fingerprint density at radius 2 is 2.00 bits per heavy atom. The van der Waals surface area contributed by atoms with Crippen molar-refractivity contribution < 1.29 is 9.47 Å². The van der Waals surface area contributed by atoms with Crippen LogP contribution < -0.4 is 4.74 Å². The average molecular weight is 208 g/mol. The van der Waals surface area contributed by atoms with Gasteiger partial charge in [0.25, 0.3) is 0 Å². The lowest BCUT2D eigenvalue weighted by Crippen LogP contribution is -2.03. The van der Waals surface area contributed by atoms with Crippen molar-refractivity contribution in [3.05, 3.63) is 29.8 Å². The third-order valence-electron chi connectivity index (χ3n) is 2.50. The van der Waals surface area contributed by atoms with E-state index in [9.17, 15) is 0 Å². The van der Waals surface area contributed by atoms with E-state index in [-0.39, 0.29) is 0 Å². The number of ether oxygens (including phenoxy) is 2. The van der Waals surface area contributed by atoms with E-state index in [2.05, 4.69) is 26.0 Å². The van der Waals surface area contributed by atoms with Crippen LogP contribution >= 0.6 is 0 Å². The van der Waals surface area contributed by atoms with Gasteiger partial charge in [-0.2, -0.15) is 0 Å². The predicted molar refractivity (Wildman–Crippen MR) is 62.3 cm³/mol. The van der Waals surface area contributed by atoms with Gasteiger partial charge in [0.15, 0.2) is 6.79 Å². The first-order chi connectivity index (χ1) is 7.29. The minimum Gasteiger partial charge on any atom is -0.467 e. The molecule has 0 bridgehead atoms. The first-order valence-corrected chi connectivity index (χ1v) is 5.50. The van der Waals surface area contributed by atoms with Crippen molar-refractivity contribution in [2.45, 2.75) is 32.6 Å². The van der Waals surface area contributed by atoms with Gasteiger partial charge in [-0.3, -0.25) is 0 Å². The lowest BCUT2D eigenvalue weighted by molar-refractivity contribution is 0.0502. The van der Waals surface area contributed by atoms with Gasteiger partial charge in [0.2, 0.25) is 0 Å². The van der Waals surface area contributed by atoms with Gasteiger partial charge in [-0.25, -0.2) is 0 Å². The Labute approximate surface area is 92.2 Å². The van der Waals surface area contributed by atoms with E-state index in [4.69, 9.17) is 9.47 Å². The van der Waals surface area contributed by atoms with Crippen molar-refractivity contribution >= 4 is 0 Å². The molecule has 0 aliphatic rings. The maximum absolute atomic E-state index is 5.53. The fourth-order valence-electron chi connectivity index (χ4n) is 1.73. The Balaban J connectivity index is 2.75. The molecule has 0 heterocycles. The summed E-state index contributed by atoms with van der Waals surface area (Å²) in [6.45, 7) is 4.75. The number of hydrogen-bond acceptors (Lipinski definition) is 2. The quantitative estimate of drug-likeness (QED) is 0.665. The number of benzene rings is 1. The summed E-state index contributed by atoms with van der Waals surface area (Å²) in [6.07, 6.45) is 2.38. The molecule has 2 nitrogen and oxygen atoms in total. The maximum Gasteiger partial charge on any atom is 0.188 e. The fourth-order valence-corrected chi connectivity index (χ4v) is 1.73. The highest BCUT2D eigenvalue weighted by atomic mass is 16.7. The van der Waals surface area contributed by atoms with Crippen LogP contribution in [0, 0.1) is 0 Å². The van der Waals surface area contributed by atoms with Crippen molar-refractivity contribution in [3.8, 4) is 5.75 Å². The van der Waals surface area contributed by atoms with Crippen LogP contribution in [-0.4, -0.2) is 13.9 Å². The largest absolute Gasteiger partial charge is 0.467 e. The minimum absolute atomic E-state index is 0.315. The summed E-state index contributed by atoms with van der Waals surface area (Å²) in [5, 5.41) is 0. The van der Waals surface area contributed by atoms with Crippen molar-refractivity contribution in [3.63, 3.8) is 0 Å². The highest BCUT2D eigenvalue weighted by molar-refractivity contribution is 5.35. The molecule has 0 N–H and O–H groups in total. The van der Waals surface area contributed by atoms with Gasteiger partial charge in [-0.15, -0.1) is 0 Å². The molecule has 0 aromatic heterocycles. The van der Waals surface area contributed by atoms with Crippen molar-refractivity contribution in [2.24, 2.45) is 0 Å². The molecule has 1 aromatic rings. The molecule has 1 atom stereocenters. The maximum atomic E-state index is 5.53. The molecular weight excluding hydrogens is 188 g/mol. The third-order valence-corrected chi connectivity index (χ3v) is 2.50. The molecular formula is C13H20O2. The standard InChI is InChI=1S/C13H20O2/c1-4-7-11(2)12-8-5-6-9-13(12)15-10-14-3/h5-6,8-9,11H,4,7,10H2,1-3H3. The minimum atomic E-state index is 0.315. The van der Waals surface area contributed by atoms with Crippen LogP contribution in [0.2, 0.25) is 0 Å². The van der Waals surface area contributed by atoms with Crippen molar-refractivity contribution in [2.75, 3.05) is 13.9 Å². The van der Waals surface area contributed by atoms with Gasteiger partial charge in [-0.05, 0) is 24.0 Å². The van der Waals surface area contributed by atoms with Crippen molar-refractivity contribution in [1.29, 1.82) is 0 Å². The molecule has 15 heavy (non-hydrogen) atoms. The number of hydrogen-bond donors (Lipinski definition) is 0.